The minimum absolute atomic E-state index is 0.317. The van der Waals surface area contributed by atoms with E-state index in [2.05, 4.69) is 45.6 Å². The molecule has 1 aromatic carbocycles. The Morgan fingerprint density at radius 1 is 1.17 bits per heavy atom. The van der Waals surface area contributed by atoms with Gasteiger partial charge in [-0.15, -0.1) is 6.58 Å². The Bertz CT molecular complexity index is 810. The van der Waals surface area contributed by atoms with Gasteiger partial charge in [0.05, 0.1) is 6.61 Å². The molecular formula is C24H31N3O3. The van der Waals surface area contributed by atoms with Crippen molar-refractivity contribution in [3.63, 3.8) is 0 Å². The molecule has 1 aliphatic heterocycles. The van der Waals surface area contributed by atoms with Crippen molar-refractivity contribution in [1.29, 1.82) is 0 Å². The lowest BCUT2D eigenvalue weighted by molar-refractivity contribution is -0.151. The number of rotatable bonds is 9. The van der Waals surface area contributed by atoms with Gasteiger partial charge in [-0.05, 0) is 56.2 Å². The molecule has 160 valence electrons. The summed E-state index contributed by atoms with van der Waals surface area (Å²) in [6.45, 7) is 10.8. The monoisotopic (exact) mass is 409 g/mol. The molecule has 1 aromatic heterocycles. The number of carbonyl (C=O) groups excluding carboxylic acids is 1. The van der Waals surface area contributed by atoms with Crippen LogP contribution >= 0.6 is 0 Å². The number of pyridine rings is 1. The molecule has 0 bridgehead atoms. The van der Waals surface area contributed by atoms with Crippen LogP contribution in [0.2, 0.25) is 0 Å². The highest BCUT2D eigenvalue weighted by Crippen LogP contribution is 2.27. The molecule has 0 N–H and O–H groups in total. The summed E-state index contributed by atoms with van der Waals surface area (Å²) < 4.78 is 10.9. The number of esters is 1. The van der Waals surface area contributed by atoms with Gasteiger partial charge in [-0.3, -0.25) is 4.98 Å². The zero-order valence-electron chi connectivity index (χ0n) is 17.9. The van der Waals surface area contributed by atoms with E-state index in [1.165, 1.54) is 5.69 Å². The van der Waals surface area contributed by atoms with E-state index in [1.807, 2.05) is 37.5 Å². The number of aromatic nitrogens is 1. The van der Waals surface area contributed by atoms with Crippen LogP contribution < -0.4 is 14.5 Å². The number of hydrogen-bond acceptors (Lipinski definition) is 6. The zero-order valence-corrected chi connectivity index (χ0v) is 17.9. The van der Waals surface area contributed by atoms with Crippen LogP contribution in [0, 0.1) is 0 Å². The Kier molecular flexibility index (Phi) is 7.71. The van der Waals surface area contributed by atoms with Gasteiger partial charge in [0.15, 0.2) is 6.10 Å². The van der Waals surface area contributed by atoms with E-state index in [0.717, 1.165) is 31.7 Å². The largest absolute Gasteiger partial charge is 0.479 e. The second-order valence-electron chi connectivity index (χ2n) is 7.28. The molecule has 2 heterocycles. The van der Waals surface area contributed by atoms with Gasteiger partial charge in [0, 0.05) is 49.4 Å². The van der Waals surface area contributed by atoms with Crippen molar-refractivity contribution < 1.29 is 14.3 Å². The second-order valence-corrected chi connectivity index (χ2v) is 7.28. The number of carbonyl (C=O) groups is 1. The van der Waals surface area contributed by atoms with Gasteiger partial charge < -0.3 is 19.3 Å². The highest BCUT2D eigenvalue weighted by atomic mass is 16.6. The maximum Gasteiger partial charge on any atom is 0.347 e. The van der Waals surface area contributed by atoms with Gasteiger partial charge in [-0.1, -0.05) is 13.0 Å². The summed E-state index contributed by atoms with van der Waals surface area (Å²) in [5, 5.41) is 0. The van der Waals surface area contributed by atoms with Gasteiger partial charge in [0.1, 0.15) is 5.75 Å². The van der Waals surface area contributed by atoms with Crippen LogP contribution in [-0.2, 0) is 9.53 Å². The molecule has 30 heavy (non-hydrogen) atoms. The second kappa shape index (κ2) is 10.7. The van der Waals surface area contributed by atoms with Gasteiger partial charge in [0.25, 0.3) is 0 Å². The summed E-state index contributed by atoms with van der Waals surface area (Å²) in [5.41, 5.74) is 2.35. The first kappa shape index (κ1) is 21.7. The van der Waals surface area contributed by atoms with Crippen molar-refractivity contribution in [3.05, 3.63) is 61.4 Å². The third-order valence-electron chi connectivity index (χ3n) is 5.32. The molecule has 2 aromatic rings. The molecule has 0 amide bonds. The van der Waals surface area contributed by atoms with Crippen molar-refractivity contribution in [2.45, 2.75) is 38.8 Å². The number of hydrogen-bond donors (Lipinski definition) is 0. The molecule has 2 unspecified atom stereocenters. The van der Waals surface area contributed by atoms with Crippen molar-refractivity contribution in [1.82, 2.24) is 4.98 Å². The lowest BCUT2D eigenvalue weighted by atomic mass is 10.1. The summed E-state index contributed by atoms with van der Waals surface area (Å²) in [7, 11) is 0. The van der Waals surface area contributed by atoms with E-state index in [4.69, 9.17) is 9.47 Å². The fourth-order valence-corrected chi connectivity index (χ4v) is 3.79. The zero-order chi connectivity index (χ0) is 21.3. The summed E-state index contributed by atoms with van der Waals surface area (Å²) in [6, 6.07) is 12.4. The highest BCUT2D eigenvalue weighted by Gasteiger charge is 2.27. The van der Waals surface area contributed by atoms with E-state index in [-0.39, 0.29) is 5.97 Å². The SMILES string of the molecule is C=CCC1CN(c2ccncc2)CCN1c1ccc(OC(CC)C(=O)OCC)cc1. The van der Waals surface area contributed by atoms with Crippen LogP contribution in [0.4, 0.5) is 11.4 Å². The number of nitrogens with zero attached hydrogens (tertiary/aromatic N) is 3. The molecule has 0 radical (unpaired) electrons. The van der Waals surface area contributed by atoms with Gasteiger partial charge >= 0.3 is 5.97 Å². The lowest BCUT2D eigenvalue weighted by Crippen LogP contribution is -2.53. The average Bonchev–Trinajstić information content (AvgIpc) is 2.79. The Morgan fingerprint density at radius 3 is 2.53 bits per heavy atom. The summed E-state index contributed by atoms with van der Waals surface area (Å²) in [4.78, 5) is 20.9. The first-order chi connectivity index (χ1) is 14.7. The van der Waals surface area contributed by atoms with E-state index in [9.17, 15) is 4.79 Å². The molecular weight excluding hydrogens is 378 g/mol. The van der Waals surface area contributed by atoms with Crippen LogP contribution in [0.15, 0.2) is 61.4 Å². The fraction of sp³-hybridized carbons (Fsp3) is 0.417. The van der Waals surface area contributed by atoms with Crippen molar-refractivity contribution >= 4 is 17.3 Å². The van der Waals surface area contributed by atoms with Crippen LogP contribution in [-0.4, -0.2) is 49.3 Å². The summed E-state index contributed by atoms with van der Waals surface area (Å²) in [5.74, 6) is 0.358. The molecule has 6 nitrogen and oxygen atoms in total. The van der Waals surface area contributed by atoms with E-state index in [1.54, 1.807) is 6.92 Å². The smallest absolute Gasteiger partial charge is 0.347 e. The van der Waals surface area contributed by atoms with Crippen LogP contribution in [0.25, 0.3) is 0 Å². The maximum atomic E-state index is 12.0. The topological polar surface area (TPSA) is 54.9 Å². The Hall–Kier alpha value is -3.02. The van der Waals surface area contributed by atoms with Crippen LogP contribution in [0.3, 0.4) is 0 Å². The third kappa shape index (κ3) is 5.32. The average molecular weight is 410 g/mol. The molecule has 0 saturated carbocycles. The lowest BCUT2D eigenvalue weighted by Gasteiger charge is -2.43. The predicted octanol–water partition coefficient (Wildman–Crippen LogP) is 4.07. The molecule has 1 aliphatic rings. The van der Waals surface area contributed by atoms with Gasteiger partial charge in [0.2, 0.25) is 0 Å². The van der Waals surface area contributed by atoms with Crippen LogP contribution in [0.1, 0.15) is 26.7 Å². The van der Waals surface area contributed by atoms with Gasteiger partial charge in [-0.2, -0.15) is 0 Å². The summed E-state index contributed by atoms with van der Waals surface area (Å²) in [6.07, 6.45) is 6.55. The molecule has 0 spiro atoms. The van der Waals surface area contributed by atoms with Crippen molar-refractivity contribution in [2.75, 3.05) is 36.0 Å². The van der Waals surface area contributed by atoms with Crippen molar-refractivity contribution in [2.24, 2.45) is 0 Å². The minimum atomic E-state index is -0.576. The maximum absolute atomic E-state index is 12.0. The van der Waals surface area contributed by atoms with E-state index >= 15 is 0 Å². The molecule has 2 atom stereocenters. The number of piperazine rings is 1. The third-order valence-corrected chi connectivity index (χ3v) is 5.32. The van der Waals surface area contributed by atoms with Crippen molar-refractivity contribution in [3.8, 4) is 5.75 Å². The van der Waals surface area contributed by atoms with Crippen LogP contribution in [0.5, 0.6) is 5.75 Å². The van der Waals surface area contributed by atoms with E-state index < -0.39 is 6.10 Å². The molecule has 1 fully saturated rings. The normalized spacial score (nSPS) is 17.3. The first-order valence-electron chi connectivity index (χ1n) is 10.6. The first-order valence-corrected chi connectivity index (χ1v) is 10.6. The molecule has 3 rings (SSSR count). The molecule has 0 aliphatic carbocycles. The van der Waals surface area contributed by atoms with E-state index in [0.29, 0.717) is 24.8 Å². The molecule has 6 heteroatoms. The predicted molar refractivity (Wildman–Crippen MR) is 120 cm³/mol. The Labute approximate surface area is 179 Å². The Balaban J connectivity index is 1.68. The quantitative estimate of drug-likeness (QED) is 0.460. The Morgan fingerprint density at radius 2 is 1.90 bits per heavy atom. The number of anilines is 2. The minimum Gasteiger partial charge on any atom is -0.479 e. The molecule has 1 saturated heterocycles. The number of ether oxygens (including phenoxy) is 2. The highest BCUT2D eigenvalue weighted by molar-refractivity contribution is 5.75. The summed E-state index contributed by atoms with van der Waals surface area (Å²) >= 11 is 0. The standard InChI is InChI=1S/C24H31N3O3/c1-4-7-21-18-26(19-12-14-25-15-13-19)16-17-27(21)20-8-10-22(11-9-20)30-23(5-2)24(28)29-6-3/h4,8-15,21,23H,1,5-7,16-18H2,2-3H3. The number of benzene rings is 1. The van der Waals surface area contributed by atoms with Gasteiger partial charge in [-0.25, -0.2) is 4.79 Å². The fourth-order valence-electron chi connectivity index (χ4n) is 3.79.